The van der Waals surface area contributed by atoms with Crippen LogP contribution in [0.4, 0.5) is 0 Å². The average molecular weight is 168 g/mol. The second-order valence-corrected chi connectivity index (χ2v) is 2.31. The van der Waals surface area contributed by atoms with E-state index in [0.29, 0.717) is 11.2 Å². The fraction of sp³-hybridized carbons (Fsp3) is 0. The topological polar surface area (TPSA) is 54.0 Å². The lowest BCUT2D eigenvalue weighted by Gasteiger charge is -1.88. The third kappa shape index (κ3) is 1.21. The van der Waals surface area contributed by atoms with Gasteiger partial charge in [0.05, 0.1) is 11.8 Å². The van der Waals surface area contributed by atoms with Crippen molar-refractivity contribution in [2.45, 2.75) is 0 Å². The second kappa shape index (κ2) is 2.96. The number of hydrogen-bond acceptors (Lipinski definition) is 3. The van der Waals surface area contributed by atoms with Crippen molar-refractivity contribution in [1.29, 1.82) is 5.26 Å². The Labute approximate surface area is 74.4 Å². The Kier molecular flexibility index (Phi) is 1.67. The predicted molar refractivity (Wildman–Crippen MR) is 45.5 cm³/mol. The van der Waals surface area contributed by atoms with Crippen LogP contribution in [-0.4, -0.2) is 14.6 Å². The lowest BCUT2D eigenvalue weighted by Crippen LogP contribution is -1.87. The van der Waals surface area contributed by atoms with Crippen LogP contribution in [0.3, 0.4) is 0 Å². The monoisotopic (exact) mass is 168 g/mol. The molecular formula is C9H4N4. The molecule has 2 rings (SSSR count). The van der Waals surface area contributed by atoms with Crippen LogP contribution in [0.25, 0.3) is 5.65 Å². The van der Waals surface area contributed by atoms with Crippen molar-refractivity contribution in [3.8, 4) is 17.9 Å². The molecule has 0 radical (unpaired) electrons. The van der Waals surface area contributed by atoms with E-state index in [-0.39, 0.29) is 0 Å². The maximum Gasteiger partial charge on any atom is 0.170 e. The summed E-state index contributed by atoms with van der Waals surface area (Å²) in [6.45, 7) is 0. The zero-order valence-electron chi connectivity index (χ0n) is 6.60. The SMILES string of the molecule is N#CC#Cc1cnn2cccnc12. The third-order valence-electron chi connectivity index (χ3n) is 1.53. The molecule has 4 nitrogen and oxygen atoms in total. The summed E-state index contributed by atoms with van der Waals surface area (Å²) in [5.74, 6) is 4.97. The summed E-state index contributed by atoms with van der Waals surface area (Å²) in [6, 6.07) is 3.52. The largest absolute Gasteiger partial charge is 0.236 e. The van der Waals surface area contributed by atoms with Crippen molar-refractivity contribution < 1.29 is 0 Å². The van der Waals surface area contributed by atoms with Crippen LogP contribution < -0.4 is 0 Å². The first-order valence-electron chi connectivity index (χ1n) is 3.60. The third-order valence-corrected chi connectivity index (χ3v) is 1.53. The summed E-state index contributed by atoms with van der Waals surface area (Å²) in [6.07, 6.45) is 5.03. The van der Waals surface area contributed by atoms with Gasteiger partial charge in [0, 0.05) is 18.3 Å². The van der Waals surface area contributed by atoms with Crippen LogP contribution in [0, 0.1) is 23.2 Å². The first-order valence-corrected chi connectivity index (χ1v) is 3.60. The van der Waals surface area contributed by atoms with Gasteiger partial charge in [-0.2, -0.15) is 10.4 Å². The highest BCUT2D eigenvalue weighted by Gasteiger charge is 1.99. The van der Waals surface area contributed by atoms with Crippen LogP contribution in [0.2, 0.25) is 0 Å². The van der Waals surface area contributed by atoms with Crippen molar-refractivity contribution in [2.75, 3.05) is 0 Å². The smallest absolute Gasteiger partial charge is 0.170 e. The van der Waals surface area contributed by atoms with E-state index in [9.17, 15) is 0 Å². The van der Waals surface area contributed by atoms with Crippen LogP contribution in [-0.2, 0) is 0 Å². The average Bonchev–Trinajstić information content (AvgIpc) is 2.58. The fourth-order valence-electron chi connectivity index (χ4n) is 1.01. The van der Waals surface area contributed by atoms with Crippen LogP contribution in [0.1, 0.15) is 5.56 Å². The van der Waals surface area contributed by atoms with Gasteiger partial charge in [-0.15, -0.1) is 0 Å². The lowest BCUT2D eigenvalue weighted by molar-refractivity contribution is 0.939. The van der Waals surface area contributed by atoms with E-state index >= 15 is 0 Å². The molecule has 0 atom stereocenters. The Morgan fingerprint density at radius 2 is 2.38 bits per heavy atom. The number of nitrogens with zero attached hydrogens (tertiary/aromatic N) is 4. The van der Waals surface area contributed by atoms with Gasteiger partial charge in [0.15, 0.2) is 11.7 Å². The summed E-state index contributed by atoms with van der Waals surface area (Å²) >= 11 is 0. The van der Waals surface area contributed by atoms with E-state index in [4.69, 9.17) is 5.26 Å². The summed E-state index contributed by atoms with van der Waals surface area (Å²) in [5, 5.41) is 12.3. The van der Waals surface area contributed by atoms with Gasteiger partial charge in [0.1, 0.15) is 0 Å². The molecule has 0 aliphatic heterocycles. The van der Waals surface area contributed by atoms with Gasteiger partial charge in [-0.25, -0.2) is 9.50 Å². The highest BCUT2D eigenvalue weighted by Crippen LogP contribution is 2.03. The Hall–Kier alpha value is -2.33. The summed E-state index contributed by atoms with van der Waals surface area (Å²) in [4.78, 5) is 4.08. The predicted octanol–water partition coefficient (Wildman–Crippen LogP) is 0.604. The van der Waals surface area contributed by atoms with E-state index in [1.807, 2.05) is 0 Å². The molecule has 0 saturated heterocycles. The van der Waals surface area contributed by atoms with Gasteiger partial charge >= 0.3 is 0 Å². The number of aromatic nitrogens is 3. The molecule has 0 amide bonds. The Balaban J connectivity index is 2.66. The highest BCUT2D eigenvalue weighted by molar-refractivity contribution is 5.56. The van der Waals surface area contributed by atoms with E-state index in [1.165, 1.54) is 0 Å². The van der Waals surface area contributed by atoms with E-state index in [2.05, 4.69) is 21.9 Å². The van der Waals surface area contributed by atoms with Gasteiger partial charge in [-0.05, 0) is 12.0 Å². The van der Waals surface area contributed by atoms with Crippen molar-refractivity contribution in [1.82, 2.24) is 14.6 Å². The molecule has 60 valence electrons. The first-order chi connectivity index (χ1) is 6.42. The molecule has 0 bridgehead atoms. The Morgan fingerprint density at radius 3 is 3.23 bits per heavy atom. The standard InChI is InChI=1S/C9H4N4/c10-4-1-3-8-7-12-13-6-2-5-11-9(8)13/h2,5-7H. The molecule has 0 aromatic carbocycles. The van der Waals surface area contributed by atoms with Gasteiger partial charge in [0.2, 0.25) is 0 Å². The summed E-state index contributed by atoms with van der Waals surface area (Å²) < 4.78 is 1.61. The fourth-order valence-corrected chi connectivity index (χ4v) is 1.01. The summed E-state index contributed by atoms with van der Waals surface area (Å²) in [7, 11) is 0. The van der Waals surface area contributed by atoms with E-state index in [0.717, 1.165) is 0 Å². The molecule has 0 spiro atoms. The van der Waals surface area contributed by atoms with Crippen LogP contribution in [0.5, 0.6) is 0 Å². The number of nitriles is 1. The van der Waals surface area contributed by atoms with Gasteiger partial charge in [-0.1, -0.05) is 0 Å². The number of rotatable bonds is 0. The van der Waals surface area contributed by atoms with Crippen molar-refractivity contribution in [3.63, 3.8) is 0 Å². The van der Waals surface area contributed by atoms with Crippen LogP contribution >= 0.6 is 0 Å². The molecule has 0 fully saturated rings. The lowest BCUT2D eigenvalue weighted by atomic mass is 10.3. The molecular weight excluding hydrogens is 164 g/mol. The quantitative estimate of drug-likeness (QED) is 0.541. The molecule has 2 aromatic heterocycles. The summed E-state index contributed by atoms with van der Waals surface area (Å²) in [5.41, 5.74) is 1.34. The van der Waals surface area contributed by atoms with E-state index < -0.39 is 0 Å². The minimum Gasteiger partial charge on any atom is -0.236 e. The maximum absolute atomic E-state index is 8.27. The van der Waals surface area contributed by atoms with Gasteiger partial charge < -0.3 is 0 Å². The molecule has 0 aliphatic rings. The van der Waals surface area contributed by atoms with Crippen molar-refractivity contribution in [3.05, 3.63) is 30.2 Å². The van der Waals surface area contributed by atoms with Gasteiger partial charge in [0.25, 0.3) is 0 Å². The zero-order valence-corrected chi connectivity index (χ0v) is 6.60. The van der Waals surface area contributed by atoms with Crippen LogP contribution in [0.15, 0.2) is 24.7 Å². The highest BCUT2D eigenvalue weighted by atomic mass is 15.2. The van der Waals surface area contributed by atoms with Crippen molar-refractivity contribution in [2.24, 2.45) is 0 Å². The number of fused-ring (bicyclic) bond motifs is 1. The Bertz CT molecular complexity index is 536. The normalized spacial score (nSPS) is 8.85. The molecule has 4 heteroatoms. The molecule has 0 unspecified atom stereocenters. The molecule has 0 N–H and O–H groups in total. The molecule has 0 aliphatic carbocycles. The molecule has 0 saturated carbocycles. The minimum atomic E-state index is 0.669. The number of hydrogen-bond donors (Lipinski definition) is 0. The Morgan fingerprint density at radius 1 is 1.46 bits per heavy atom. The maximum atomic E-state index is 8.27. The molecule has 2 heterocycles. The molecule has 13 heavy (non-hydrogen) atoms. The molecule has 2 aromatic rings. The van der Waals surface area contributed by atoms with E-state index in [1.54, 1.807) is 35.2 Å². The van der Waals surface area contributed by atoms with Gasteiger partial charge in [-0.3, -0.25) is 0 Å². The second-order valence-electron chi connectivity index (χ2n) is 2.31. The van der Waals surface area contributed by atoms with Crippen molar-refractivity contribution >= 4 is 5.65 Å². The zero-order chi connectivity index (χ0) is 9.10. The minimum absolute atomic E-state index is 0.669. The first kappa shape index (κ1) is 7.33.